The maximum atomic E-state index is 12.8. The molecule has 2 aromatic heterocycles. The number of unbranched alkanes of at least 4 members (excludes halogenated alkanes) is 1. The Balaban J connectivity index is 1.96. The van der Waals surface area contributed by atoms with Crippen molar-refractivity contribution in [1.29, 1.82) is 0 Å². The van der Waals surface area contributed by atoms with E-state index in [1.807, 2.05) is 27.7 Å². The van der Waals surface area contributed by atoms with Crippen LogP contribution in [-0.2, 0) is 6.54 Å². The molecule has 7 heteroatoms. The minimum atomic E-state index is -0.426. The molecular weight excluding hydrogens is 372 g/mol. The largest absolute Gasteiger partial charge is 0.292 e. The van der Waals surface area contributed by atoms with E-state index in [-0.39, 0.29) is 11.3 Å². The average molecular weight is 397 g/mol. The highest BCUT2D eigenvalue weighted by atomic mass is 32.1. The number of aryl methyl sites for hydroxylation is 3. The lowest BCUT2D eigenvalue weighted by atomic mass is 10.1. The Labute approximate surface area is 167 Å². The third-order valence-corrected chi connectivity index (χ3v) is 5.53. The van der Waals surface area contributed by atoms with Crippen LogP contribution in [0.4, 0.5) is 0 Å². The van der Waals surface area contributed by atoms with E-state index in [0.29, 0.717) is 17.3 Å². The Morgan fingerprint density at radius 3 is 2.61 bits per heavy atom. The molecule has 0 bridgehead atoms. The highest BCUT2D eigenvalue weighted by Crippen LogP contribution is 2.21. The molecular formula is C21H24N4O2S. The number of carbonyl (C=O) groups is 1. The smallest absolute Gasteiger partial charge is 0.267 e. The summed E-state index contributed by atoms with van der Waals surface area (Å²) < 4.78 is 1.38. The van der Waals surface area contributed by atoms with Crippen LogP contribution < -0.4 is 11.0 Å². The third-order valence-electron chi connectivity index (χ3n) is 4.56. The number of hydrazone groups is 1. The first-order valence-corrected chi connectivity index (χ1v) is 10.2. The van der Waals surface area contributed by atoms with Gasteiger partial charge in [0.1, 0.15) is 0 Å². The van der Waals surface area contributed by atoms with Gasteiger partial charge >= 0.3 is 0 Å². The molecule has 0 fully saturated rings. The number of amides is 1. The first-order chi connectivity index (χ1) is 13.4. The van der Waals surface area contributed by atoms with Gasteiger partial charge in [-0.1, -0.05) is 31.5 Å². The van der Waals surface area contributed by atoms with Crippen molar-refractivity contribution in [3.05, 3.63) is 61.7 Å². The number of hydrogen-bond acceptors (Lipinski definition) is 5. The molecule has 3 rings (SSSR count). The van der Waals surface area contributed by atoms with Crippen molar-refractivity contribution in [2.75, 3.05) is 0 Å². The summed E-state index contributed by atoms with van der Waals surface area (Å²) in [4.78, 5) is 27.8. The molecule has 1 aromatic carbocycles. The number of benzene rings is 1. The molecule has 6 nitrogen and oxygen atoms in total. The number of nitrogens with zero attached hydrogens (tertiary/aromatic N) is 3. The van der Waals surface area contributed by atoms with E-state index in [2.05, 4.69) is 21.7 Å². The maximum Gasteiger partial charge on any atom is 0.292 e. The fourth-order valence-electron chi connectivity index (χ4n) is 3.10. The molecule has 0 aliphatic rings. The van der Waals surface area contributed by atoms with E-state index >= 15 is 0 Å². The number of thiophene rings is 1. The van der Waals surface area contributed by atoms with Crippen LogP contribution in [0.5, 0.6) is 0 Å². The molecule has 0 aliphatic carbocycles. The van der Waals surface area contributed by atoms with Crippen molar-refractivity contribution >= 4 is 33.7 Å². The Hall–Kier alpha value is -2.80. The molecule has 0 aliphatic heterocycles. The van der Waals surface area contributed by atoms with Gasteiger partial charge in [0.05, 0.1) is 11.1 Å². The van der Waals surface area contributed by atoms with E-state index in [9.17, 15) is 9.59 Å². The first-order valence-electron chi connectivity index (χ1n) is 9.34. The molecule has 28 heavy (non-hydrogen) atoms. The molecule has 146 valence electrons. The Bertz CT molecular complexity index is 1110. The Morgan fingerprint density at radius 1 is 1.25 bits per heavy atom. The van der Waals surface area contributed by atoms with Crippen molar-refractivity contribution in [3.8, 4) is 0 Å². The van der Waals surface area contributed by atoms with E-state index < -0.39 is 5.91 Å². The quantitative estimate of drug-likeness (QED) is 0.505. The first kappa shape index (κ1) is 19.9. The van der Waals surface area contributed by atoms with Gasteiger partial charge in [0.15, 0.2) is 5.69 Å². The third kappa shape index (κ3) is 4.04. The van der Waals surface area contributed by atoms with E-state index in [1.165, 1.54) is 9.56 Å². The maximum absolute atomic E-state index is 12.8. The van der Waals surface area contributed by atoms with Crippen molar-refractivity contribution in [2.24, 2.45) is 5.10 Å². The molecule has 2 heterocycles. The van der Waals surface area contributed by atoms with Crippen LogP contribution >= 0.6 is 11.3 Å². The highest BCUT2D eigenvalue weighted by Gasteiger charge is 2.16. The van der Waals surface area contributed by atoms with Gasteiger partial charge in [-0.05, 0) is 39.3 Å². The molecule has 0 radical (unpaired) electrons. The lowest BCUT2D eigenvalue weighted by Crippen LogP contribution is -2.29. The molecule has 0 saturated heterocycles. The second-order valence-electron chi connectivity index (χ2n) is 6.74. The second-order valence-corrected chi connectivity index (χ2v) is 8.20. The minimum absolute atomic E-state index is 0.176. The lowest BCUT2D eigenvalue weighted by Gasteiger charge is -2.10. The number of fused-ring (bicyclic) bond motifs is 1. The summed E-state index contributed by atoms with van der Waals surface area (Å²) in [5.74, 6) is -0.426. The van der Waals surface area contributed by atoms with Crippen molar-refractivity contribution in [1.82, 2.24) is 15.2 Å². The van der Waals surface area contributed by atoms with E-state index in [4.69, 9.17) is 0 Å². The van der Waals surface area contributed by atoms with Gasteiger partial charge in [-0.15, -0.1) is 11.3 Å². The Kier molecular flexibility index (Phi) is 6.04. The number of hydrogen-bond donors (Lipinski definition) is 1. The predicted molar refractivity (Wildman–Crippen MR) is 114 cm³/mol. The summed E-state index contributed by atoms with van der Waals surface area (Å²) in [5.41, 5.74) is 4.39. The fourth-order valence-corrected chi connectivity index (χ4v) is 4.08. The van der Waals surface area contributed by atoms with Crippen LogP contribution in [0.2, 0.25) is 0 Å². The zero-order valence-electron chi connectivity index (χ0n) is 16.6. The van der Waals surface area contributed by atoms with Gasteiger partial charge in [0, 0.05) is 27.2 Å². The fraction of sp³-hybridized carbons (Fsp3) is 0.333. The van der Waals surface area contributed by atoms with Crippen LogP contribution in [-0.4, -0.2) is 21.4 Å². The van der Waals surface area contributed by atoms with Gasteiger partial charge < -0.3 is 0 Å². The predicted octanol–water partition coefficient (Wildman–Crippen LogP) is 4.03. The van der Waals surface area contributed by atoms with Gasteiger partial charge in [-0.3, -0.25) is 9.59 Å². The van der Waals surface area contributed by atoms with Crippen LogP contribution in [0.3, 0.4) is 0 Å². The van der Waals surface area contributed by atoms with Gasteiger partial charge in [-0.2, -0.15) is 10.2 Å². The molecule has 3 aromatic rings. The van der Waals surface area contributed by atoms with E-state index in [1.54, 1.807) is 35.6 Å². The summed E-state index contributed by atoms with van der Waals surface area (Å²) >= 11 is 1.70. The number of aromatic nitrogens is 2. The van der Waals surface area contributed by atoms with Crippen LogP contribution in [0.1, 0.15) is 52.5 Å². The van der Waals surface area contributed by atoms with Crippen molar-refractivity contribution in [3.63, 3.8) is 0 Å². The molecule has 1 N–H and O–H groups in total. The van der Waals surface area contributed by atoms with Gasteiger partial charge in [0.2, 0.25) is 0 Å². The summed E-state index contributed by atoms with van der Waals surface area (Å²) in [6.07, 6.45) is 1.76. The monoisotopic (exact) mass is 396 g/mol. The van der Waals surface area contributed by atoms with E-state index in [0.717, 1.165) is 29.0 Å². The summed E-state index contributed by atoms with van der Waals surface area (Å²) in [6.45, 7) is 8.47. The number of nitrogens with one attached hydrogen (secondary N) is 1. The summed E-state index contributed by atoms with van der Waals surface area (Å²) in [7, 11) is 0. The number of carbonyl (C=O) groups excluding carboxylic acids is 1. The zero-order chi connectivity index (χ0) is 20.3. The zero-order valence-corrected chi connectivity index (χ0v) is 17.4. The second kappa shape index (κ2) is 8.48. The Morgan fingerprint density at radius 2 is 1.96 bits per heavy atom. The van der Waals surface area contributed by atoms with Crippen molar-refractivity contribution < 1.29 is 4.79 Å². The molecule has 0 saturated carbocycles. The van der Waals surface area contributed by atoms with Crippen LogP contribution in [0, 0.1) is 13.8 Å². The van der Waals surface area contributed by atoms with Crippen molar-refractivity contribution in [2.45, 2.75) is 47.1 Å². The molecule has 0 atom stereocenters. The topological polar surface area (TPSA) is 76.3 Å². The number of rotatable bonds is 6. The lowest BCUT2D eigenvalue weighted by molar-refractivity contribution is 0.0949. The van der Waals surface area contributed by atoms with Crippen LogP contribution in [0.25, 0.3) is 10.8 Å². The SMILES string of the molecule is CCCCn1nc(C(=O)N/N=C(/C)c2cc(C)sc2C)c2ccccc2c1=O. The summed E-state index contributed by atoms with van der Waals surface area (Å²) in [6, 6.07) is 9.11. The highest BCUT2D eigenvalue weighted by molar-refractivity contribution is 7.12. The minimum Gasteiger partial charge on any atom is -0.267 e. The summed E-state index contributed by atoms with van der Waals surface area (Å²) in [5, 5.41) is 9.62. The standard InChI is InChI=1S/C21H24N4O2S/c1-5-6-11-25-21(27)17-10-8-7-9-16(17)19(24-25)20(26)23-22-14(3)18-12-13(2)28-15(18)4/h7-10,12H,5-6,11H2,1-4H3,(H,23,26)/b22-14-. The van der Waals surface area contributed by atoms with Gasteiger partial charge in [-0.25, -0.2) is 10.1 Å². The van der Waals surface area contributed by atoms with Crippen LogP contribution in [0.15, 0.2) is 40.2 Å². The normalized spacial score (nSPS) is 11.8. The molecule has 0 spiro atoms. The average Bonchev–Trinajstić information content (AvgIpc) is 3.03. The molecule has 1 amide bonds. The molecule has 0 unspecified atom stereocenters. The van der Waals surface area contributed by atoms with Gasteiger partial charge in [0.25, 0.3) is 11.5 Å².